The molecule has 0 aromatic heterocycles. The average molecular weight is 135 g/mol. The van der Waals surface area contributed by atoms with E-state index >= 15 is 0 Å². The normalized spacial score (nSPS) is 6.43. The maximum Gasteiger partial charge on any atom is 0.276 e. The van der Waals surface area contributed by atoms with E-state index < -0.39 is 8.25 Å². The van der Waals surface area contributed by atoms with Gasteiger partial charge in [-0.05, 0) is 0 Å². The van der Waals surface area contributed by atoms with Crippen LogP contribution in [0, 0.1) is 0 Å². The fraction of sp³-hybridized carbons (Fsp3) is 1.00. The zero-order chi connectivity index (χ0) is 6.28. The van der Waals surface area contributed by atoms with Gasteiger partial charge in [0.25, 0.3) is 8.25 Å². The Labute approximate surface area is 51.7 Å². The van der Waals surface area contributed by atoms with E-state index in [2.05, 4.69) is 23.2 Å². The van der Waals surface area contributed by atoms with E-state index in [-0.39, 0.29) is 0 Å². The summed E-state index contributed by atoms with van der Waals surface area (Å²) in [5, 5.41) is 1.17. The van der Waals surface area contributed by atoms with Gasteiger partial charge in [0.2, 0.25) is 0 Å². The molecule has 0 radical (unpaired) electrons. The van der Waals surface area contributed by atoms with Gasteiger partial charge in [0.15, 0.2) is 0 Å². The standard InChI is InChI=1S/C2H5.Al.HO3P/c1-2;;1-4(2)3/h1H2,2H3;;(H,1,2,3)/q;+2;/p-1. The second kappa shape index (κ2) is 9.75. The number of hydrogen-bond acceptors (Lipinski definition) is 3. The van der Waals surface area contributed by atoms with Crippen LogP contribution >= 0.6 is 8.25 Å². The molecular formula is C2H5AlO3P+. The number of rotatable bonds is 0. The van der Waals surface area contributed by atoms with Crippen LogP contribution in [0.5, 0.6) is 0 Å². The molecule has 0 bridgehead atoms. The molecule has 0 aromatic carbocycles. The zero-order valence-corrected chi connectivity index (χ0v) is 6.01. The van der Waals surface area contributed by atoms with Crippen LogP contribution in [0.15, 0.2) is 0 Å². The van der Waals surface area contributed by atoms with Crippen molar-refractivity contribution in [3.05, 3.63) is 0 Å². The summed E-state index contributed by atoms with van der Waals surface area (Å²) < 4.78 is 8.48. The van der Waals surface area contributed by atoms with Crippen molar-refractivity contribution in [2.75, 3.05) is 0 Å². The molecular weight excluding hydrogens is 130 g/mol. The molecule has 0 rings (SSSR count). The molecule has 0 aliphatic carbocycles. The molecule has 7 heavy (non-hydrogen) atoms. The van der Waals surface area contributed by atoms with Gasteiger partial charge in [0.05, 0.1) is 0 Å². The summed E-state index contributed by atoms with van der Waals surface area (Å²) in [7, 11) is -3.37. The third-order valence-corrected chi connectivity index (χ3v) is 0. The smallest absolute Gasteiger partial charge is 0.276 e. The molecule has 0 fully saturated rings. The van der Waals surface area contributed by atoms with E-state index in [4.69, 9.17) is 14.4 Å². The van der Waals surface area contributed by atoms with E-state index in [1.54, 1.807) is 0 Å². The van der Waals surface area contributed by atoms with Crippen molar-refractivity contribution in [3.8, 4) is 0 Å². The second-order valence-corrected chi connectivity index (χ2v) is 1.90. The molecule has 3 nitrogen and oxygen atoms in total. The Hall–Kier alpha value is 0.552. The summed E-state index contributed by atoms with van der Waals surface area (Å²) >= 11 is 2.58. The van der Waals surface area contributed by atoms with Gasteiger partial charge < -0.3 is 9.79 Å². The van der Waals surface area contributed by atoms with Gasteiger partial charge in [-0.1, -0.05) is 4.57 Å². The SMILES string of the molecule is C[CH2][Al+2].O=[P+]([O-])[O-]. The van der Waals surface area contributed by atoms with E-state index in [1.807, 2.05) is 0 Å². The summed E-state index contributed by atoms with van der Waals surface area (Å²) in [4.78, 5) is 17.0. The maximum atomic E-state index is 8.48. The van der Waals surface area contributed by atoms with Crippen molar-refractivity contribution < 1.29 is 14.4 Å². The van der Waals surface area contributed by atoms with Gasteiger partial charge in [-0.3, -0.25) is 0 Å². The van der Waals surface area contributed by atoms with Gasteiger partial charge in [0, 0.05) is 0 Å². The zero-order valence-electron chi connectivity index (χ0n) is 3.96. The Bertz CT molecular complexity index is 44.2. The van der Waals surface area contributed by atoms with Crippen molar-refractivity contribution in [2.24, 2.45) is 0 Å². The minimum absolute atomic E-state index is 1.17. The Balaban J connectivity index is 0. The van der Waals surface area contributed by atoms with Crippen LogP contribution in [0.1, 0.15) is 6.92 Å². The monoisotopic (exact) mass is 135 g/mol. The first-order valence-corrected chi connectivity index (χ1v) is 3.58. The van der Waals surface area contributed by atoms with E-state index in [0.717, 1.165) is 0 Å². The van der Waals surface area contributed by atoms with E-state index in [1.165, 1.54) is 5.28 Å². The Morgan fingerprint density at radius 2 is 1.71 bits per heavy atom. The average Bonchev–Trinajstić information content (AvgIpc) is 1.33. The molecule has 0 spiro atoms. The predicted molar refractivity (Wildman–Crippen MR) is 23.8 cm³/mol. The van der Waals surface area contributed by atoms with Crippen molar-refractivity contribution in [1.29, 1.82) is 0 Å². The van der Waals surface area contributed by atoms with Crippen LogP contribution in [0.25, 0.3) is 0 Å². The minimum atomic E-state index is -3.37. The van der Waals surface area contributed by atoms with Gasteiger partial charge >= 0.3 is 28.5 Å². The Morgan fingerprint density at radius 3 is 1.71 bits per heavy atom. The van der Waals surface area contributed by atoms with Gasteiger partial charge in [-0.25, -0.2) is 0 Å². The minimum Gasteiger partial charge on any atom is -0.598 e. The third-order valence-electron chi connectivity index (χ3n) is 0. The fourth-order valence-corrected chi connectivity index (χ4v) is 0. The summed E-state index contributed by atoms with van der Waals surface area (Å²) in [6.07, 6.45) is 0. The number of hydrogen-bond donors (Lipinski definition) is 0. The quantitative estimate of drug-likeness (QED) is 0.314. The largest absolute Gasteiger partial charge is 0.598 e. The van der Waals surface area contributed by atoms with E-state index in [0.29, 0.717) is 0 Å². The molecule has 0 saturated carbocycles. The van der Waals surface area contributed by atoms with Gasteiger partial charge in [0.1, 0.15) is 0 Å². The molecule has 0 aromatic rings. The van der Waals surface area contributed by atoms with Crippen molar-refractivity contribution >= 4 is 24.5 Å². The Kier molecular flexibility index (Phi) is 14.6. The first-order chi connectivity index (χ1) is 3.15. The molecule has 5 heteroatoms. The van der Waals surface area contributed by atoms with Gasteiger partial charge in [-0.15, -0.1) is 0 Å². The molecule has 0 heterocycles. The first kappa shape index (κ1) is 10.5. The molecule has 38 valence electrons. The van der Waals surface area contributed by atoms with Crippen LogP contribution in [-0.2, 0) is 4.57 Å². The summed E-state index contributed by atoms with van der Waals surface area (Å²) in [6.45, 7) is 2.09. The molecule has 0 amide bonds. The molecule has 0 unspecified atom stereocenters. The Morgan fingerprint density at radius 1 is 1.71 bits per heavy atom. The topological polar surface area (TPSA) is 63.2 Å². The van der Waals surface area contributed by atoms with Crippen molar-refractivity contribution in [3.63, 3.8) is 0 Å². The molecule has 0 saturated heterocycles. The van der Waals surface area contributed by atoms with Crippen molar-refractivity contribution in [1.82, 2.24) is 0 Å². The molecule has 0 aliphatic rings. The van der Waals surface area contributed by atoms with Crippen LogP contribution in [0.3, 0.4) is 0 Å². The predicted octanol–water partition coefficient (Wildman–Crippen LogP) is -1.04. The molecule has 0 atom stereocenters. The van der Waals surface area contributed by atoms with E-state index in [9.17, 15) is 0 Å². The van der Waals surface area contributed by atoms with Gasteiger partial charge in [-0.2, -0.15) is 0 Å². The van der Waals surface area contributed by atoms with Crippen LogP contribution in [0.2, 0.25) is 5.28 Å². The third kappa shape index (κ3) is 445. The fourth-order valence-electron chi connectivity index (χ4n) is 0. The second-order valence-electron chi connectivity index (χ2n) is 0.632. The molecule has 0 aliphatic heterocycles. The maximum absolute atomic E-state index is 8.48. The van der Waals surface area contributed by atoms with Crippen LogP contribution in [-0.4, -0.2) is 16.3 Å². The van der Waals surface area contributed by atoms with Crippen molar-refractivity contribution in [2.45, 2.75) is 12.2 Å². The molecule has 0 N–H and O–H groups in total. The van der Waals surface area contributed by atoms with Crippen LogP contribution in [0.4, 0.5) is 0 Å². The summed E-state index contributed by atoms with van der Waals surface area (Å²) in [6, 6.07) is 0. The first-order valence-electron chi connectivity index (χ1n) is 1.66. The van der Waals surface area contributed by atoms with Crippen LogP contribution < -0.4 is 9.79 Å². The summed E-state index contributed by atoms with van der Waals surface area (Å²) in [5.74, 6) is 0. The summed E-state index contributed by atoms with van der Waals surface area (Å²) in [5.41, 5.74) is 0.